The van der Waals surface area contributed by atoms with Crippen LogP contribution < -0.4 is 15.4 Å². The highest BCUT2D eigenvalue weighted by Gasteiger charge is 2.43. The Kier molecular flexibility index (Phi) is 6.05. The summed E-state index contributed by atoms with van der Waals surface area (Å²) in [5.41, 5.74) is 1.76. The van der Waals surface area contributed by atoms with Crippen LogP contribution in [0.2, 0.25) is 0 Å². The summed E-state index contributed by atoms with van der Waals surface area (Å²) in [7, 11) is 0. The number of carbonyl (C=O) groups is 2. The van der Waals surface area contributed by atoms with Gasteiger partial charge in [0.05, 0.1) is 4.47 Å². The van der Waals surface area contributed by atoms with Gasteiger partial charge in [0, 0.05) is 4.92 Å². The van der Waals surface area contributed by atoms with Crippen molar-refractivity contribution in [3.8, 4) is 5.75 Å². The van der Waals surface area contributed by atoms with Gasteiger partial charge in [-0.2, -0.15) is 0 Å². The molecule has 3 rings (SSSR count). The van der Waals surface area contributed by atoms with Crippen molar-refractivity contribution in [1.82, 2.24) is 10.6 Å². The van der Waals surface area contributed by atoms with E-state index in [9.17, 15) is 19.7 Å². The van der Waals surface area contributed by atoms with Crippen LogP contribution in [0.3, 0.4) is 0 Å². The molecule has 3 amide bonds. The predicted octanol–water partition coefficient (Wildman–Crippen LogP) is 2.89. The van der Waals surface area contributed by atoms with Crippen LogP contribution in [-0.2, 0) is 11.4 Å². The van der Waals surface area contributed by atoms with Gasteiger partial charge >= 0.3 is 18.0 Å². The Balaban J connectivity index is 1.70. The average molecular weight is 446 g/mol. The van der Waals surface area contributed by atoms with E-state index in [0.29, 0.717) is 16.8 Å². The minimum atomic E-state index is -1.58. The fourth-order valence-electron chi connectivity index (χ4n) is 2.68. The van der Waals surface area contributed by atoms with Gasteiger partial charge in [0.15, 0.2) is 0 Å². The van der Waals surface area contributed by atoms with E-state index in [1.165, 1.54) is 6.08 Å². The Morgan fingerprint density at radius 2 is 1.93 bits per heavy atom. The third-order valence-corrected chi connectivity index (χ3v) is 4.68. The Morgan fingerprint density at radius 1 is 1.18 bits per heavy atom. The molecule has 1 saturated heterocycles. The standard InChI is InChI=1S/C19H16BrN3O5/c20-14-10-12(7-9-16(14)28-11-13-4-2-1-3-5-13)6-8-15-17(23(26)27)18(24)22-19(25)21-15/h1-10,15,17H,11H2,(H2,21,22,24,25)/b8-6-. The second-order valence-electron chi connectivity index (χ2n) is 6.04. The summed E-state index contributed by atoms with van der Waals surface area (Å²) in [6.45, 7) is 0.419. The Bertz CT molecular complexity index is 932. The molecule has 2 aromatic carbocycles. The SMILES string of the molecule is O=C1NC(=O)C([N+](=O)[O-])C(/C=C\c2ccc(OCc3ccccc3)c(Br)c2)N1. The zero-order valence-electron chi connectivity index (χ0n) is 14.5. The Hall–Kier alpha value is -3.20. The number of nitrogens with zero attached hydrogens (tertiary/aromatic N) is 1. The van der Waals surface area contributed by atoms with Crippen molar-refractivity contribution >= 4 is 33.9 Å². The van der Waals surface area contributed by atoms with Gasteiger partial charge in [0.25, 0.3) is 0 Å². The maximum atomic E-state index is 11.7. The molecule has 2 N–H and O–H groups in total. The molecule has 0 aromatic heterocycles. The van der Waals surface area contributed by atoms with Crippen molar-refractivity contribution in [2.45, 2.75) is 18.7 Å². The van der Waals surface area contributed by atoms with Gasteiger partial charge in [-0.05, 0) is 39.2 Å². The number of nitrogens with one attached hydrogen (secondary N) is 2. The van der Waals surface area contributed by atoms with Crippen LogP contribution in [-0.4, -0.2) is 28.9 Å². The number of rotatable bonds is 6. The first-order chi connectivity index (χ1) is 13.4. The molecule has 0 bridgehead atoms. The molecule has 28 heavy (non-hydrogen) atoms. The normalized spacial score (nSPS) is 19.2. The second kappa shape index (κ2) is 8.66. The molecular formula is C19H16BrN3O5. The molecule has 0 saturated carbocycles. The van der Waals surface area contributed by atoms with Crippen LogP contribution >= 0.6 is 15.9 Å². The fraction of sp³-hybridized carbons (Fsp3) is 0.158. The number of carbonyl (C=O) groups excluding carboxylic acids is 2. The van der Waals surface area contributed by atoms with Crippen LogP contribution in [0.25, 0.3) is 6.08 Å². The topological polar surface area (TPSA) is 111 Å². The lowest BCUT2D eigenvalue weighted by molar-refractivity contribution is -0.510. The van der Waals surface area contributed by atoms with E-state index < -0.39 is 28.9 Å². The molecule has 0 aliphatic carbocycles. The van der Waals surface area contributed by atoms with Crippen LogP contribution in [0.1, 0.15) is 11.1 Å². The molecule has 8 nitrogen and oxygen atoms in total. The molecule has 0 radical (unpaired) electrons. The number of halogens is 1. The van der Waals surface area contributed by atoms with Crippen molar-refractivity contribution < 1.29 is 19.2 Å². The molecule has 2 aromatic rings. The van der Waals surface area contributed by atoms with Gasteiger partial charge < -0.3 is 10.1 Å². The smallest absolute Gasteiger partial charge is 0.322 e. The summed E-state index contributed by atoms with van der Waals surface area (Å²) in [4.78, 5) is 33.5. The maximum Gasteiger partial charge on any atom is 0.322 e. The first-order valence-electron chi connectivity index (χ1n) is 8.33. The second-order valence-corrected chi connectivity index (χ2v) is 6.90. The lowest BCUT2D eigenvalue weighted by Gasteiger charge is -2.23. The summed E-state index contributed by atoms with van der Waals surface area (Å²) in [6.07, 6.45) is 3.03. The van der Waals surface area contributed by atoms with E-state index in [1.807, 2.05) is 35.6 Å². The first kappa shape index (κ1) is 19.6. The molecule has 2 atom stereocenters. The number of hydrogen-bond donors (Lipinski definition) is 2. The highest BCUT2D eigenvalue weighted by atomic mass is 79.9. The van der Waals surface area contributed by atoms with Crippen molar-refractivity contribution in [3.63, 3.8) is 0 Å². The van der Waals surface area contributed by atoms with E-state index in [4.69, 9.17) is 4.74 Å². The Labute approximate surface area is 168 Å². The molecule has 9 heteroatoms. The molecule has 2 unspecified atom stereocenters. The molecule has 1 heterocycles. The largest absolute Gasteiger partial charge is 0.488 e. The molecule has 1 aliphatic heterocycles. The third-order valence-electron chi connectivity index (χ3n) is 4.06. The van der Waals surface area contributed by atoms with Crippen molar-refractivity contribution in [1.29, 1.82) is 0 Å². The quantitative estimate of drug-likeness (QED) is 0.524. The van der Waals surface area contributed by atoms with Gasteiger partial charge in [-0.15, -0.1) is 0 Å². The molecule has 1 fully saturated rings. The van der Waals surface area contributed by atoms with Crippen molar-refractivity contribution in [2.24, 2.45) is 0 Å². The maximum absolute atomic E-state index is 11.7. The molecule has 144 valence electrons. The zero-order valence-corrected chi connectivity index (χ0v) is 16.1. The summed E-state index contributed by atoms with van der Waals surface area (Å²) < 4.78 is 6.49. The third kappa shape index (κ3) is 4.74. The predicted molar refractivity (Wildman–Crippen MR) is 105 cm³/mol. The summed E-state index contributed by atoms with van der Waals surface area (Å²) in [5, 5.41) is 15.4. The van der Waals surface area contributed by atoms with Crippen LogP contribution in [0.15, 0.2) is 59.1 Å². The highest BCUT2D eigenvalue weighted by molar-refractivity contribution is 9.10. The van der Waals surface area contributed by atoms with E-state index in [2.05, 4.69) is 21.2 Å². The summed E-state index contributed by atoms with van der Waals surface area (Å²) in [6, 6.07) is 11.7. The van der Waals surface area contributed by atoms with Gasteiger partial charge in [-0.3, -0.25) is 20.2 Å². The number of ether oxygens (including phenoxy) is 1. The summed E-state index contributed by atoms with van der Waals surface area (Å²) in [5.74, 6) is -0.288. The van der Waals surface area contributed by atoms with Gasteiger partial charge in [-0.25, -0.2) is 4.79 Å². The lowest BCUT2D eigenvalue weighted by Crippen LogP contribution is -2.62. The zero-order chi connectivity index (χ0) is 20.1. The van der Waals surface area contributed by atoms with Gasteiger partial charge in [0.1, 0.15) is 18.4 Å². The number of benzene rings is 2. The molecule has 1 aliphatic rings. The minimum Gasteiger partial charge on any atom is -0.488 e. The van der Waals surface area contributed by atoms with Gasteiger partial charge in [-0.1, -0.05) is 48.6 Å². The monoisotopic (exact) mass is 445 g/mol. The van der Waals surface area contributed by atoms with Gasteiger partial charge in [0.2, 0.25) is 0 Å². The number of hydrogen-bond acceptors (Lipinski definition) is 5. The fourth-order valence-corrected chi connectivity index (χ4v) is 3.19. The number of amides is 3. The number of imide groups is 1. The van der Waals surface area contributed by atoms with E-state index >= 15 is 0 Å². The highest BCUT2D eigenvalue weighted by Crippen LogP contribution is 2.27. The average Bonchev–Trinajstić information content (AvgIpc) is 2.65. The number of urea groups is 1. The van der Waals surface area contributed by atoms with Crippen LogP contribution in [0.4, 0.5) is 4.79 Å². The minimum absolute atomic E-state index is 0.419. The van der Waals surface area contributed by atoms with E-state index in [-0.39, 0.29) is 0 Å². The Morgan fingerprint density at radius 3 is 2.61 bits per heavy atom. The van der Waals surface area contributed by atoms with E-state index in [1.54, 1.807) is 24.3 Å². The van der Waals surface area contributed by atoms with Crippen LogP contribution in [0, 0.1) is 10.1 Å². The van der Waals surface area contributed by atoms with Crippen molar-refractivity contribution in [3.05, 3.63) is 80.3 Å². The van der Waals surface area contributed by atoms with E-state index in [0.717, 1.165) is 11.1 Å². The summed E-state index contributed by atoms with van der Waals surface area (Å²) >= 11 is 3.44. The molecule has 0 spiro atoms. The van der Waals surface area contributed by atoms with Crippen molar-refractivity contribution in [2.75, 3.05) is 0 Å². The first-order valence-corrected chi connectivity index (χ1v) is 9.12. The van der Waals surface area contributed by atoms with Crippen LogP contribution in [0.5, 0.6) is 5.75 Å². The molecular weight excluding hydrogens is 430 g/mol. The lowest BCUT2D eigenvalue weighted by atomic mass is 10.0. The number of nitro groups is 1.